The van der Waals surface area contributed by atoms with Crippen LogP contribution < -0.4 is 0 Å². The van der Waals surface area contributed by atoms with Crippen LogP contribution in [-0.2, 0) is 0 Å². The number of hydrogen-bond donors (Lipinski definition) is 0. The number of halogens is 1. The van der Waals surface area contributed by atoms with Crippen LogP contribution in [0, 0.1) is 21.1 Å². The lowest BCUT2D eigenvalue weighted by Crippen LogP contribution is -1.79. The van der Waals surface area contributed by atoms with Gasteiger partial charge in [-0.25, -0.2) is 0 Å². The lowest BCUT2D eigenvalue weighted by molar-refractivity contribution is 1.27. The Morgan fingerprint density at radius 2 is 2.56 bits per heavy atom. The van der Waals surface area contributed by atoms with E-state index in [0.29, 0.717) is 5.56 Å². The minimum atomic E-state index is 0.582. The van der Waals surface area contributed by atoms with Crippen LogP contribution in [0.25, 0.3) is 0 Å². The van der Waals surface area contributed by atoms with E-state index in [1.807, 2.05) is 6.07 Å². The zero-order valence-electron chi connectivity index (χ0n) is 4.43. The molecule has 0 N–H and O–H groups in total. The van der Waals surface area contributed by atoms with Crippen molar-refractivity contribution >= 4 is 22.6 Å². The minimum absolute atomic E-state index is 0.582. The average molecular weight is 229 g/mol. The molecule has 2 nitrogen and oxygen atoms in total. The highest BCUT2D eigenvalue weighted by Crippen LogP contribution is 2.02. The van der Waals surface area contributed by atoms with E-state index in [4.69, 9.17) is 5.26 Å². The minimum Gasteiger partial charge on any atom is -0.252 e. The molecule has 1 rings (SSSR count). The third-order valence-corrected chi connectivity index (χ3v) is 1.34. The first kappa shape index (κ1) is 6.49. The second kappa shape index (κ2) is 2.78. The second-order valence-electron chi connectivity index (χ2n) is 1.43. The third-order valence-electron chi connectivity index (χ3n) is 0.786. The molecule has 3 heteroatoms. The standard InChI is InChI=1S/C6H2IN2/c7-6-1-5(2-8)3-9-4-6/h1,3H. The van der Waals surface area contributed by atoms with Gasteiger partial charge in [0, 0.05) is 9.77 Å². The molecule has 1 aromatic rings. The Hall–Kier alpha value is -0.630. The van der Waals surface area contributed by atoms with Crippen LogP contribution in [0.1, 0.15) is 5.56 Å². The van der Waals surface area contributed by atoms with E-state index in [0.717, 1.165) is 3.57 Å². The summed E-state index contributed by atoms with van der Waals surface area (Å²) in [6.07, 6.45) is 4.18. The quantitative estimate of drug-likeness (QED) is 0.629. The average Bonchev–Trinajstić information content (AvgIpc) is 1.88. The summed E-state index contributed by atoms with van der Waals surface area (Å²) in [5, 5.41) is 8.35. The molecule has 0 aliphatic heterocycles. The van der Waals surface area contributed by atoms with Gasteiger partial charge in [-0.2, -0.15) is 5.26 Å². The van der Waals surface area contributed by atoms with E-state index in [2.05, 4.69) is 33.8 Å². The monoisotopic (exact) mass is 229 g/mol. The zero-order valence-corrected chi connectivity index (χ0v) is 6.58. The molecule has 0 amide bonds. The van der Waals surface area contributed by atoms with Gasteiger partial charge in [0.05, 0.1) is 5.56 Å². The van der Waals surface area contributed by atoms with Crippen molar-refractivity contribution in [3.63, 3.8) is 0 Å². The predicted molar refractivity (Wildman–Crippen MR) is 40.5 cm³/mol. The highest BCUT2D eigenvalue weighted by atomic mass is 127. The Balaban J connectivity index is 3.12. The summed E-state index contributed by atoms with van der Waals surface area (Å²) in [4.78, 5) is 3.70. The lowest BCUT2D eigenvalue weighted by atomic mass is 10.3. The van der Waals surface area contributed by atoms with Gasteiger partial charge < -0.3 is 0 Å². The van der Waals surface area contributed by atoms with Crippen LogP contribution in [0.5, 0.6) is 0 Å². The molecule has 9 heavy (non-hydrogen) atoms. The van der Waals surface area contributed by atoms with Gasteiger partial charge in [0.15, 0.2) is 0 Å². The van der Waals surface area contributed by atoms with Gasteiger partial charge in [0.2, 0.25) is 0 Å². The highest BCUT2D eigenvalue weighted by Gasteiger charge is 1.89. The Labute approximate surface area is 66.7 Å². The van der Waals surface area contributed by atoms with Gasteiger partial charge in [0.25, 0.3) is 0 Å². The first-order chi connectivity index (χ1) is 4.33. The fourth-order valence-corrected chi connectivity index (χ4v) is 0.905. The number of rotatable bonds is 0. The van der Waals surface area contributed by atoms with Crippen LogP contribution in [-0.4, -0.2) is 4.98 Å². The Morgan fingerprint density at radius 3 is 3.00 bits per heavy atom. The maximum atomic E-state index is 8.35. The number of nitriles is 1. The SMILES string of the molecule is N#Cc1cn[c]c(I)c1. The van der Waals surface area contributed by atoms with E-state index in [1.54, 1.807) is 6.07 Å². The first-order valence-electron chi connectivity index (χ1n) is 2.26. The first-order valence-corrected chi connectivity index (χ1v) is 3.34. The van der Waals surface area contributed by atoms with Crippen molar-refractivity contribution in [2.45, 2.75) is 0 Å². The van der Waals surface area contributed by atoms with Crippen LogP contribution in [0.4, 0.5) is 0 Å². The van der Waals surface area contributed by atoms with Crippen LogP contribution in [0.15, 0.2) is 12.3 Å². The smallest absolute Gasteiger partial charge is 0.103 e. The van der Waals surface area contributed by atoms with E-state index in [9.17, 15) is 0 Å². The fourth-order valence-electron chi connectivity index (χ4n) is 0.431. The summed E-state index contributed by atoms with van der Waals surface area (Å²) in [6.45, 7) is 0. The van der Waals surface area contributed by atoms with Crippen molar-refractivity contribution in [3.05, 3.63) is 27.6 Å². The molecule has 0 unspecified atom stereocenters. The molecular formula is C6H2IN2. The van der Waals surface area contributed by atoms with Crippen molar-refractivity contribution in [2.75, 3.05) is 0 Å². The van der Waals surface area contributed by atoms with E-state index < -0.39 is 0 Å². The van der Waals surface area contributed by atoms with Crippen LogP contribution in [0.3, 0.4) is 0 Å². The molecule has 0 bridgehead atoms. The van der Waals surface area contributed by atoms with Gasteiger partial charge in [-0.3, -0.25) is 4.98 Å². The van der Waals surface area contributed by atoms with Crippen molar-refractivity contribution in [3.8, 4) is 6.07 Å². The molecule has 1 heterocycles. The maximum Gasteiger partial charge on any atom is 0.103 e. The van der Waals surface area contributed by atoms with Gasteiger partial charge in [-0.1, -0.05) is 0 Å². The summed E-state index contributed by atoms with van der Waals surface area (Å²) >= 11 is 2.06. The molecule has 43 valence electrons. The van der Waals surface area contributed by atoms with Crippen LogP contribution in [0.2, 0.25) is 0 Å². The van der Waals surface area contributed by atoms with Crippen molar-refractivity contribution in [1.82, 2.24) is 4.98 Å². The molecular weight excluding hydrogens is 227 g/mol. The zero-order chi connectivity index (χ0) is 6.69. The largest absolute Gasteiger partial charge is 0.252 e. The summed E-state index contributed by atoms with van der Waals surface area (Å²) in [5.74, 6) is 0. The molecule has 0 aliphatic rings. The van der Waals surface area contributed by atoms with Crippen molar-refractivity contribution < 1.29 is 0 Å². The molecule has 0 spiro atoms. The van der Waals surface area contributed by atoms with Gasteiger partial charge in [-0.05, 0) is 28.7 Å². The predicted octanol–water partition coefficient (Wildman–Crippen LogP) is 1.36. The summed E-state index contributed by atoms with van der Waals surface area (Å²) < 4.78 is 0.867. The van der Waals surface area contributed by atoms with E-state index >= 15 is 0 Å². The number of hydrogen-bond acceptors (Lipinski definition) is 2. The van der Waals surface area contributed by atoms with E-state index in [-0.39, 0.29) is 0 Å². The lowest BCUT2D eigenvalue weighted by Gasteiger charge is -1.85. The molecule has 1 aromatic heterocycles. The van der Waals surface area contributed by atoms with Crippen molar-refractivity contribution in [1.29, 1.82) is 5.26 Å². The highest BCUT2D eigenvalue weighted by molar-refractivity contribution is 14.1. The van der Waals surface area contributed by atoms with Crippen molar-refractivity contribution in [2.24, 2.45) is 0 Å². The molecule has 0 atom stereocenters. The topological polar surface area (TPSA) is 36.7 Å². The molecule has 0 aromatic carbocycles. The molecule has 1 radical (unpaired) electrons. The molecule has 0 saturated heterocycles. The van der Waals surface area contributed by atoms with Gasteiger partial charge in [-0.15, -0.1) is 0 Å². The Kier molecular flexibility index (Phi) is 2.01. The summed E-state index contributed by atoms with van der Waals surface area (Å²) in [5.41, 5.74) is 0.582. The van der Waals surface area contributed by atoms with Gasteiger partial charge in [0.1, 0.15) is 12.3 Å². The molecule has 0 saturated carbocycles. The number of pyridine rings is 1. The normalized spacial score (nSPS) is 8.44. The summed E-state index contributed by atoms with van der Waals surface area (Å²) in [6, 6.07) is 3.71. The van der Waals surface area contributed by atoms with Crippen LogP contribution >= 0.6 is 22.6 Å². The number of nitrogens with zero attached hydrogens (tertiary/aromatic N) is 2. The summed E-state index contributed by atoms with van der Waals surface area (Å²) in [7, 11) is 0. The fraction of sp³-hybridized carbons (Fsp3) is 0. The maximum absolute atomic E-state index is 8.35. The van der Waals surface area contributed by atoms with Gasteiger partial charge >= 0.3 is 0 Å². The third kappa shape index (κ3) is 1.64. The Morgan fingerprint density at radius 1 is 1.78 bits per heavy atom. The number of aromatic nitrogens is 1. The van der Waals surface area contributed by atoms with E-state index in [1.165, 1.54) is 6.20 Å². The molecule has 0 fully saturated rings. The molecule has 0 aliphatic carbocycles. The Bertz CT molecular complexity index is 251. The second-order valence-corrected chi connectivity index (χ2v) is 2.59.